The van der Waals surface area contributed by atoms with Crippen LogP contribution >= 0.6 is 0 Å². The van der Waals surface area contributed by atoms with E-state index in [4.69, 9.17) is 10.8 Å². The maximum absolute atomic E-state index is 12.4. The number of nitrogens with zero attached hydrogens (tertiary/aromatic N) is 3. The number of carbonyl (C=O) groups excluding carboxylic acids is 1. The molecule has 0 aliphatic carbocycles. The van der Waals surface area contributed by atoms with Gasteiger partial charge in [0.05, 0.1) is 13.2 Å². The van der Waals surface area contributed by atoms with Crippen LogP contribution in [0.25, 0.3) is 0 Å². The smallest absolute Gasteiger partial charge is 0.236 e. The molecule has 116 valence electrons. The fraction of sp³-hybridized carbons (Fsp3) is 0.929. The summed E-state index contributed by atoms with van der Waals surface area (Å²) in [7, 11) is 0. The molecule has 20 heavy (non-hydrogen) atoms. The summed E-state index contributed by atoms with van der Waals surface area (Å²) in [4.78, 5) is 18.8. The summed E-state index contributed by atoms with van der Waals surface area (Å²) >= 11 is 0. The average molecular weight is 284 g/mol. The molecule has 2 heterocycles. The van der Waals surface area contributed by atoms with E-state index in [0.717, 1.165) is 58.5 Å². The van der Waals surface area contributed by atoms with Gasteiger partial charge in [-0.05, 0) is 25.8 Å². The fourth-order valence-electron chi connectivity index (χ4n) is 2.99. The van der Waals surface area contributed by atoms with Crippen LogP contribution in [0.5, 0.6) is 0 Å². The first kappa shape index (κ1) is 15.7. The molecule has 0 radical (unpaired) electrons. The normalized spacial score (nSPS) is 23.8. The Bertz CT molecular complexity index is 306. The van der Waals surface area contributed by atoms with E-state index < -0.39 is 0 Å². The monoisotopic (exact) mass is 284 g/mol. The number of aliphatic hydroxyl groups excluding tert-OH is 1. The van der Waals surface area contributed by atoms with Gasteiger partial charge in [0.25, 0.3) is 0 Å². The molecule has 2 saturated heterocycles. The first-order valence-corrected chi connectivity index (χ1v) is 7.78. The van der Waals surface area contributed by atoms with Crippen molar-refractivity contribution < 1.29 is 9.90 Å². The van der Waals surface area contributed by atoms with Crippen molar-refractivity contribution in [1.82, 2.24) is 14.7 Å². The molecule has 6 nitrogen and oxygen atoms in total. The third-order valence-electron chi connectivity index (χ3n) is 4.35. The molecule has 2 aliphatic rings. The molecule has 0 unspecified atom stereocenters. The summed E-state index contributed by atoms with van der Waals surface area (Å²) in [6.45, 7) is 6.80. The maximum Gasteiger partial charge on any atom is 0.236 e. The minimum atomic E-state index is 0.196. The van der Waals surface area contributed by atoms with Crippen LogP contribution in [0.3, 0.4) is 0 Å². The summed E-state index contributed by atoms with van der Waals surface area (Å²) in [5.74, 6) is 0.242. The van der Waals surface area contributed by atoms with E-state index in [2.05, 4.69) is 9.80 Å². The SMILES string of the molecule is NC1CCN(CC(=O)N2CCCN(CCO)CC2)CC1. The average Bonchev–Trinajstić information content (AvgIpc) is 2.67. The predicted molar refractivity (Wildman–Crippen MR) is 78.4 cm³/mol. The lowest BCUT2D eigenvalue weighted by Gasteiger charge is -2.31. The van der Waals surface area contributed by atoms with Crippen LogP contribution in [-0.2, 0) is 4.79 Å². The number of aliphatic hydroxyl groups is 1. The van der Waals surface area contributed by atoms with Crippen LogP contribution in [0.1, 0.15) is 19.3 Å². The van der Waals surface area contributed by atoms with Crippen molar-refractivity contribution in [3.63, 3.8) is 0 Å². The molecule has 6 heteroatoms. The van der Waals surface area contributed by atoms with Crippen LogP contribution in [0.4, 0.5) is 0 Å². The van der Waals surface area contributed by atoms with Crippen molar-refractivity contribution in [2.24, 2.45) is 5.73 Å². The minimum absolute atomic E-state index is 0.196. The minimum Gasteiger partial charge on any atom is -0.395 e. The Balaban J connectivity index is 1.74. The first-order valence-electron chi connectivity index (χ1n) is 7.78. The number of likely N-dealkylation sites (tertiary alicyclic amines) is 1. The van der Waals surface area contributed by atoms with Crippen molar-refractivity contribution in [2.75, 3.05) is 59.0 Å². The molecular weight excluding hydrogens is 256 g/mol. The molecular formula is C14H28N4O2. The summed E-state index contributed by atoms with van der Waals surface area (Å²) < 4.78 is 0. The van der Waals surface area contributed by atoms with Crippen molar-refractivity contribution in [1.29, 1.82) is 0 Å². The highest BCUT2D eigenvalue weighted by atomic mass is 16.3. The van der Waals surface area contributed by atoms with Crippen molar-refractivity contribution in [3.05, 3.63) is 0 Å². The zero-order valence-electron chi connectivity index (χ0n) is 12.3. The van der Waals surface area contributed by atoms with Gasteiger partial charge in [0.15, 0.2) is 0 Å². The second-order valence-corrected chi connectivity index (χ2v) is 5.91. The summed E-state index contributed by atoms with van der Waals surface area (Å²) in [6.07, 6.45) is 2.99. The van der Waals surface area contributed by atoms with Gasteiger partial charge in [0.1, 0.15) is 0 Å². The van der Waals surface area contributed by atoms with Crippen LogP contribution in [0, 0.1) is 0 Å². The quantitative estimate of drug-likeness (QED) is 0.688. The molecule has 0 spiro atoms. The van der Waals surface area contributed by atoms with E-state index in [9.17, 15) is 4.79 Å². The molecule has 0 bridgehead atoms. The topological polar surface area (TPSA) is 73.0 Å². The second kappa shape index (κ2) is 7.93. The molecule has 0 atom stereocenters. The molecule has 0 aromatic carbocycles. The van der Waals surface area contributed by atoms with E-state index in [0.29, 0.717) is 19.1 Å². The molecule has 1 amide bonds. The molecule has 2 fully saturated rings. The van der Waals surface area contributed by atoms with Crippen LogP contribution in [0.2, 0.25) is 0 Å². The van der Waals surface area contributed by atoms with Crippen molar-refractivity contribution >= 4 is 5.91 Å². The zero-order valence-corrected chi connectivity index (χ0v) is 12.3. The molecule has 0 aromatic heterocycles. The second-order valence-electron chi connectivity index (χ2n) is 5.91. The maximum atomic E-state index is 12.4. The molecule has 2 rings (SSSR count). The van der Waals surface area contributed by atoms with Gasteiger partial charge in [0, 0.05) is 45.3 Å². The highest BCUT2D eigenvalue weighted by Gasteiger charge is 2.23. The predicted octanol–water partition coefficient (Wildman–Crippen LogP) is -1.06. The Kier molecular flexibility index (Phi) is 6.22. The molecule has 2 aliphatic heterocycles. The standard InChI is InChI=1S/C14H28N4O2/c15-13-2-6-17(7-3-13)12-14(20)18-5-1-4-16(8-9-18)10-11-19/h13,19H,1-12,15H2. The Morgan fingerprint density at radius 1 is 1.05 bits per heavy atom. The van der Waals surface area contributed by atoms with Crippen LogP contribution in [-0.4, -0.2) is 90.7 Å². The van der Waals surface area contributed by atoms with Gasteiger partial charge in [-0.1, -0.05) is 0 Å². The van der Waals surface area contributed by atoms with Crippen LogP contribution in [0.15, 0.2) is 0 Å². The highest BCUT2D eigenvalue weighted by molar-refractivity contribution is 5.78. The highest BCUT2D eigenvalue weighted by Crippen LogP contribution is 2.09. The van der Waals surface area contributed by atoms with Gasteiger partial charge in [-0.15, -0.1) is 0 Å². The first-order chi connectivity index (χ1) is 9.69. The summed E-state index contributed by atoms with van der Waals surface area (Å²) in [5.41, 5.74) is 5.89. The number of hydrogen-bond donors (Lipinski definition) is 2. The number of nitrogens with two attached hydrogens (primary N) is 1. The van der Waals surface area contributed by atoms with Crippen molar-refractivity contribution in [2.45, 2.75) is 25.3 Å². The van der Waals surface area contributed by atoms with Gasteiger partial charge in [-0.25, -0.2) is 0 Å². The molecule has 0 aromatic rings. The lowest BCUT2D eigenvalue weighted by Crippen LogP contribution is -2.46. The number of hydrogen-bond acceptors (Lipinski definition) is 5. The van der Waals surface area contributed by atoms with Gasteiger partial charge in [-0.2, -0.15) is 0 Å². The zero-order chi connectivity index (χ0) is 14.4. The molecule has 0 saturated carbocycles. The van der Waals surface area contributed by atoms with Gasteiger partial charge in [0.2, 0.25) is 5.91 Å². The number of rotatable bonds is 4. The number of piperidine rings is 1. The third kappa shape index (κ3) is 4.70. The number of amides is 1. The Hall–Kier alpha value is -0.690. The Labute approximate surface area is 121 Å². The number of carbonyl (C=O) groups is 1. The fourth-order valence-corrected chi connectivity index (χ4v) is 2.99. The van der Waals surface area contributed by atoms with Crippen molar-refractivity contribution in [3.8, 4) is 0 Å². The third-order valence-corrected chi connectivity index (χ3v) is 4.35. The van der Waals surface area contributed by atoms with E-state index in [1.165, 1.54) is 0 Å². The largest absolute Gasteiger partial charge is 0.395 e. The Morgan fingerprint density at radius 2 is 1.80 bits per heavy atom. The lowest BCUT2D eigenvalue weighted by molar-refractivity contribution is -0.132. The van der Waals surface area contributed by atoms with Crippen LogP contribution < -0.4 is 5.73 Å². The van der Waals surface area contributed by atoms with E-state index in [1.54, 1.807) is 0 Å². The van der Waals surface area contributed by atoms with E-state index >= 15 is 0 Å². The van der Waals surface area contributed by atoms with Gasteiger partial charge >= 0.3 is 0 Å². The Morgan fingerprint density at radius 3 is 2.50 bits per heavy atom. The van der Waals surface area contributed by atoms with Gasteiger partial charge in [-0.3, -0.25) is 14.6 Å². The van der Waals surface area contributed by atoms with E-state index in [-0.39, 0.29) is 12.5 Å². The van der Waals surface area contributed by atoms with E-state index in [1.807, 2.05) is 4.90 Å². The molecule has 3 N–H and O–H groups in total. The lowest BCUT2D eigenvalue weighted by atomic mass is 10.1. The van der Waals surface area contributed by atoms with Gasteiger partial charge < -0.3 is 15.7 Å². The summed E-state index contributed by atoms with van der Waals surface area (Å²) in [6, 6.07) is 0.312. The number of β-amino-alcohol motifs (C(OH)–C–C–N with tert-alkyl or cyclic N) is 1. The summed E-state index contributed by atoms with van der Waals surface area (Å²) in [5, 5.41) is 8.98.